The molecule has 0 bridgehead atoms. The molecule has 2 rings (SSSR count). The van der Waals surface area contributed by atoms with Crippen molar-refractivity contribution in [1.82, 2.24) is 10.3 Å². The number of aromatic nitrogens is 1. The fraction of sp³-hybridized carbons (Fsp3) is 0.769. The molecule has 3 nitrogen and oxygen atoms in total. The Labute approximate surface area is 108 Å². The maximum atomic E-state index is 5.98. The summed E-state index contributed by atoms with van der Waals surface area (Å²) in [5, 5.41) is 6.80. The van der Waals surface area contributed by atoms with E-state index in [9.17, 15) is 0 Å². The van der Waals surface area contributed by atoms with E-state index in [4.69, 9.17) is 4.74 Å². The van der Waals surface area contributed by atoms with E-state index < -0.39 is 0 Å². The van der Waals surface area contributed by atoms with Gasteiger partial charge in [-0.2, -0.15) is 0 Å². The smallest absolute Gasteiger partial charge is 0.109 e. The molecule has 1 aromatic rings. The van der Waals surface area contributed by atoms with Gasteiger partial charge in [0.1, 0.15) is 5.01 Å². The summed E-state index contributed by atoms with van der Waals surface area (Å²) in [6.45, 7) is 7.47. The molecule has 2 unspecified atom stereocenters. The van der Waals surface area contributed by atoms with Crippen molar-refractivity contribution in [3.63, 3.8) is 0 Å². The van der Waals surface area contributed by atoms with Gasteiger partial charge in [-0.25, -0.2) is 4.98 Å². The molecular formula is C13H22N2OS. The van der Waals surface area contributed by atoms with E-state index in [1.54, 1.807) is 11.3 Å². The van der Waals surface area contributed by atoms with E-state index in [0.29, 0.717) is 12.1 Å². The van der Waals surface area contributed by atoms with Gasteiger partial charge in [0.2, 0.25) is 0 Å². The molecular weight excluding hydrogens is 232 g/mol. The van der Waals surface area contributed by atoms with Crippen molar-refractivity contribution in [2.45, 2.75) is 57.8 Å². The van der Waals surface area contributed by atoms with Crippen LogP contribution in [0.1, 0.15) is 51.1 Å². The van der Waals surface area contributed by atoms with Crippen LogP contribution in [0, 0.1) is 0 Å². The molecule has 0 amide bonds. The lowest BCUT2D eigenvalue weighted by Gasteiger charge is -2.21. The van der Waals surface area contributed by atoms with Crippen LogP contribution in [0.4, 0.5) is 0 Å². The van der Waals surface area contributed by atoms with Crippen molar-refractivity contribution in [3.8, 4) is 0 Å². The third-order valence-electron chi connectivity index (χ3n) is 3.30. The van der Waals surface area contributed by atoms with Crippen LogP contribution in [-0.4, -0.2) is 23.2 Å². The van der Waals surface area contributed by atoms with E-state index in [1.807, 2.05) is 11.6 Å². The Balaban J connectivity index is 1.81. The summed E-state index contributed by atoms with van der Waals surface area (Å²) < 4.78 is 5.98. The van der Waals surface area contributed by atoms with Crippen LogP contribution in [-0.2, 0) is 4.74 Å². The molecule has 0 spiro atoms. The fourth-order valence-electron chi connectivity index (χ4n) is 2.31. The summed E-state index contributed by atoms with van der Waals surface area (Å²) in [6.07, 6.45) is 5.63. The molecule has 96 valence electrons. The van der Waals surface area contributed by atoms with Gasteiger partial charge in [0, 0.05) is 18.1 Å². The minimum Gasteiger partial charge on any atom is -0.371 e. The molecule has 1 aliphatic heterocycles. The zero-order chi connectivity index (χ0) is 12.3. The predicted octanol–water partition coefficient (Wildman–Crippen LogP) is 3.14. The number of nitrogens with zero attached hydrogens (tertiary/aromatic N) is 1. The van der Waals surface area contributed by atoms with Crippen LogP contribution in [0.2, 0.25) is 0 Å². The van der Waals surface area contributed by atoms with Crippen molar-refractivity contribution in [1.29, 1.82) is 0 Å². The largest absolute Gasteiger partial charge is 0.371 e. The Bertz CT molecular complexity index is 337. The summed E-state index contributed by atoms with van der Waals surface area (Å²) in [5.74, 6) is 0. The van der Waals surface area contributed by atoms with Gasteiger partial charge in [0.15, 0.2) is 0 Å². The van der Waals surface area contributed by atoms with Gasteiger partial charge >= 0.3 is 0 Å². The van der Waals surface area contributed by atoms with E-state index in [0.717, 1.165) is 25.8 Å². The first-order chi connectivity index (χ1) is 8.11. The van der Waals surface area contributed by atoms with Crippen LogP contribution in [0.5, 0.6) is 0 Å². The lowest BCUT2D eigenvalue weighted by Crippen LogP contribution is -2.31. The highest BCUT2D eigenvalue weighted by Gasteiger charge is 2.31. The number of hydrogen-bond acceptors (Lipinski definition) is 4. The molecule has 4 heteroatoms. The van der Waals surface area contributed by atoms with Crippen molar-refractivity contribution in [3.05, 3.63) is 16.6 Å². The van der Waals surface area contributed by atoms with Gasteiger partial charge in [-0.1, -0.05) is 6.92 Å². The number of rotatable bonds is 5. The van der Waals surface area contributed by atoms with Gasteiger partial charge < -0.3 is 10.1 Å². The van der Waals surface area contributed by atoms with Crippen molar-refractivity contribution in [2.75, 3.05) is 6.54 Å². The molecule has 1 saturated heterocycles. The summed E-state index contributed by atoms with van der Waals surface area (Å²) >= 11 is 1.72. The second kappa shape index (κ2) is 5.46. The Hall–Kier alpha value is -0.450. The number of nitrogens with one attached hydrogen (secondary N) is 1. The highest BCUT2D eigenvalue weighted by atomic mass is 32.1. The molecule has 1 N–H and O–H groups in total. The lowest BCUT2D eigenvalue weighted by atomic mass is 10.1. The van der Waals surface area contributed by atoms with Crippen LogP contribution in [0.3, 0.4) is 0 Å². The SMILES string of the molecule is CCC(NCC1CCC(C)(C)O1)c1nccs1. The van der Waals surface area contributed by atoms with Gasteiger partial charge in [0.25, 0.3) is 0 Å². The van der Waals surface area contributed by atoms with E-state index >= 15 is 0 Å². The summed E-state index contributed by atoms with van der Waals surface area (Å²) in [5.41, 5.74) is 0.0647. The van der Waals surface area contributed by atoms with Gasteiger partial charge in [-0.05, 0) is 33.1 Å². The fourth-order valence-corrected chi connectivity index (χ4v) is 3.11. The Kier molecular flexibility index (Phi) is 4.17. The molecule has 0 aromatic carbocycles. The van der Waals surface area contributed by atoms with Crippen molar-refractivity contribution >= 4 is 11.3 Å². The van der Waals surface area contributed by atoms with E-state index in [-0.39, 0.29) is 5.60 Å². The maximum absolute atomic E-state index is 5.98. The summed E-state index contributed by atoms with van der Waals surface area (Å²) in [6, 6.07) is 0.377. The van der Waals surface area contributed by atoms with Crippen LogP contribution in [0.25, 0.3) is 0 Å². The maximum Gasteiger partial charge on any atom is 0.109 e. The molecule has 0 radical (unpaired) electrons. The Morgan fingerprint density at radius 1 is 1.65 bits per heavy atom. The molecule has 0 aliphatic carbocycles. The lowest BCUT2D eigenvalue weighted by molar-refractivity contribution is -0.0152. The van der Waals surface area contributed by atoms with Gasteiger partial charge in [-0.3, -0.25) is 0 Å². The quantitative estimate of drug-likeness (QED) is 0.876. The third kappa shape index (κ3) is 3.50. The van der Waals surface area contributed by atoms with Gasteiger partial charge in [0.05, 0.1) is 17.7 Å². The van der Waals surface area contributed by atoms with Crippen molar-refractivity contribution < 1.29 is 4.74 Å². The summed E-state index contributed by atoms with van der Waals surface area (Å²) in [7, 11) is 0. The summed E-state index contributed by atoms with van der Waals surface area (Å²) in [4.78, 5) is 4.38. The molecule has 2 atom stereocenters. The third-order valence-corrected chi connectivity index (χ3v) is 4.19. The highest BCUT2D eigenvalue weighted by Crippen LogP contribution is 2.29. The average molecular weight is 254 g/mol. The standard InChI is InChI=1S/C13H22N2OS/c1-4-11(12-14-7-8-17-12)15-9-10-5-6-13(2,3)16-10/h7-8,10-11,15H,4-6,9H2,1-3H3. The Morgan fingerprint density at radius 3 is 3.00 bits per heavy atom. The average Bonchev–Trinajstić information content (AvgIpc) is 2.89. The van der Waals surface area contributed by atoms with Crippen LogP contribution < -0.4 is 5.32 Å². The number of hydrogen-bond donors (Lipinski definition) is 1. The first-order valence-corrected chi connectivity index (χ1v) is 7.29. The minimum atomic E-state index is 0.0647. The number of ether oxygens (including phenoxy) is 1. The molecule has 17 heavy (non-hydrogen) atoms. The zero-order valence-electron chi connectivity index (χ0n) is 10.9. The second-order valence-electron chi connectivity index (χ2n) is 5.28. The molecule has 1 aromatic heterocycles. The highest BCUT2D eigenvalue weighted by molar-refractivity contribution is 7.09. The molecule has 0 saturated carbocycles. The molecule has 1 fully saturated rings. The van der Waals surface area contributed by atoms with Crippen molar-refractivity contribution in [2.24, 2.45) is 0 Å². The second-order valence-corrected chi connectivity index (χ2v) is 6.20. The number of thiazole rings is 1. The van der Waals surface area contributed by atoms with Crippen LogP contribution in [0.15, 0.2) is 11.6 Å². The zero-order valence-corrected chi connectivity index (χ0v) is 11.7. The first-order valence-electron chi connectivity index (χ1n) is 6.41. The first kappa shape index (κ1) is 13.0. The van der Waals surface area contributed by atoms with Gasteiger partial charge in [-0.15, -0.1) is 11.3 Å². The normalized spacial score (nSPS) is 25.0. The topological polar surface area (TPSA) is 34.1 Å². The Morgan fingerprint density at radius 2 is 2.47 bits per heavy atom. The monoisotopic (exact) mass is 254 g/mol. The minimum absolute atomic E-state index is 0.0647. The molecule has 2 heterocycles. The van der Waals surface area contributed by atoms with E-state index in [2.05, 4.69) is 31.1 Å². The molecule has 1 aliphatic rings. The predicted molar refractivity (Wildman–Crippen MR) is 71.3 cm³/mol. The van der Waals surface area contributed by atoms with Crippen LogP contribution >= 0.6 is 11.3 Å². The van der Waals surface area contributed by atoms with E-state index in [1.165, 1.54) is 5.01 Å².